The van der Waals surface area contributed by atoms with Crippen molar-refractivity contribution < 1.29 is 0 Å². The molecule has 1 rings (SSSR count). The lowest BCUT2D eigenvalue weighted by molar-refractivity contribution is 0.411. The van der Waals surface area contributed by atoms with Crippen LogP contribution in [0.2, 0.25) is 0 Å². The van der Waals surface area contributed by atoms with Gasteiger partial charge in [0.05, 0.1) is 0 Å². The van der Waals surface area contributed by atoms with Gasteiger partial charge in [-0.25, -0.2) is 0 Å². The molecule has 0 aliphatic rings. The van der Waals surface area contributed by atoms with Gasteiger partial charge in [0.2, 0.25) is 0 Å². The Balaban J connectivity index is 2.93. The molecule has 126 valence electrons. The fourth-order valence-corrected chi connectivity index (χ4v) is 2.85. The van der Waals surface area contributed by atoms with E-state index in [0.29, 0.717) is 11.3 Å². The summed E-state index contributed by atoms with van der Waals surface area (Å²) in [5.41, 5.74) is 8.08. The van der Waals surface area contributed by atoms with E-state index in [-0.39, 0.29) is 0 Å². The topological polar surface area (TPSA) is 0 Å². The van der Waals surface area contributed by atoms with Gasteiger partial charge in [0.1, 0.15) is 0 Å². The molecule has 0 aliphatic heterocycles. The minimum absolute atomic E-state index is 0.324. The van der Waals surface area contributed by atoms with Crippen LogP contribution in [-0.2, 0) is 6.42 Å². The Morgan fingerprint density at radius 1 is 1.00 bits per heavy atom. The van der Waals surface area contributed by atoms with Gasteiger partial charge < -0.3 is 0 Å². The zero-order chi connectivity index (χ0) is 17.8. The van der Waals surface area contributed by atoms with Gasteiger partial charge in [0.15, 0.2) is 0 Å². The van der Waals surface area contributed by atoms with Gasteiger partial charge in [0.25, 0.3) is 0 Å². The van der Waals surface area contributed by atoms with Crippen LogP contribution in [0.4, 0.5) is 0 Å². The van der Waals surface area contributed by atoms with E-state index >= 15 is 0 Å². The molecule has 1 aromatic carbocycles. The van der Waals surface area contributed by atoms with Crippen molar-refractivity contribution in [3.63, 3.8) is 0 Å². The monoisotopic (exact) mass is 310 g/mol. The highest BCUT2D eigenvalue weighted by atomic mass is 14.2. The maximum absolute atomic E-state index is 4.33. The Bertz CT molecular complexity index is 586. The summed E-state index contributed by atoms with van der Waals surface area (Å²) >= 11 is 0. The average Bonchev–Trinajstić information content (AvgIpc) is 2.42. The van der Waals surface area contributed by atoms with Crippen molar-refractivity contribution in [2.75, 3.05) is 0 Å². The van der Waals surface area contributed by atoms with Crippen molar-refractivity contribution in [2.45, 2.75) is 61.3 Å². The summed E-state index contributed by atoms with van der Waals surface area (Å²) in [7, 11) is 0. The predicted molar refractivity (Wildman–Crippen MR) is 106 cm³/mol. The maximum Gasteiger partial charge on any atom is -0.00587 e. The summed E-state index contributed by atoms with van der Waals surface area (Å²) in [4.78, 5) is 0. The first-order valence-corrected chi connectivity index (χ1v) is 8.64. The highest BCUT2D eigenvalue weighted by Gasteiger charge is 2.13. The number of rotatable bonds is 6. The Hall–Kier alpha value is -1.56. The first-order chi connectivity index (χ1) is 10.5. The van der Waals surface area contributed by atoms with Crippen molar-refractivity contribution in [2.24, 2.45) is 11.3 Å². The molecular formula is C23H34. The molecule has 0 spiro atoms. The maximum atomic E-state index is 4.33. The Morgan fingerprint density at radius 3 is 1.91 bits per heavy atom. The van der Waals surface area contributed by atoms with E-state index in [0.717, 1.165) is 18.4 Å². The molecule has 0 nitrogen and oxygen atoms in total. The lowest BCUT2D eigenvalue weighted by Gasteiger charge is -2.19. The summed E-state index contributed by atoms with van der Waals surface area (Å²) in [6.45, 7) is 24.0. The molecule has 0 unspecified atom stereocenters. The number of benzene rings is 1. The molecule has 0 saturated carbocycles. The SMILES string of the molecule is C=C(C)/C(C)=C(/CC(=C)c1ccc(CC(C)(C)C)cc1)C(C)C. The van der Waals surface area contributed by atoms with Crippen molar-refractivity contribution in [1.29, 1.82) is 0 Å². The van der Waals surface area contributed by atoms with Crippen LogP contribution in [0.5, 0.6) is 0 Å². The van der Waals surface area contributed by atoms with Gasteiger partial charge in [-0.15, -0.1) is 0 Å². The molecule has 0 aliphatic carbocycles. The van der Waals surface area contributed by atoms with E-state index in [2.05, 4.69) is 85.9 Å². The Morgan fingerprint density at radius 2 is 1.52 bits per heavy atom. The highest BCUT2D eigenvalue weighted by molar-refractivity contribution is 5.66. The summed E-state index contributed by atoms with van der Waals surface area (Å²) < 4.78 is 0. The van der Waals surface area contributed by atoms with Crippen LogP contribution < -0.4 is 0 Å². The quantitative estimate of drug-likeness (QED) is 0.486. The molecule has 0 N–H and O–H groups in total. The average molecular weight is 311 g/mol. The van der Waals surface area contributed by atoms with Crippen molar-refractivity contribution in [3.05, 3.63) is 65.3 Å². The second-order valence-corrected chi connectivity index (χ2v) is 8.30. The molecule has 0 heterocycles. The third-order valence-corrected chi connectivity index (χ3v) is 4.32. The Labute approximate surface area is 144 Å². The van der Waals surface area contributed by atoms with Gasteiger partial charge in [-0.1, -0.05) is 83.2 Å². The number of allylic oxidation sites excluding steroid dienone is 4. The second-order valence-electron chi connectivity index (χ2n) is 8.30. The lowest BCUT2D eigenvalue weighted by Crippen LogP contribution is -2.09. The minimum Gasteiger partial charge on any atom is -0.0958 e. The molecular weight excluding hydrogens is 276 g/mol. The molecule has 0 bridgehead atoms. The third kappa shape index (κ3) is 6.22. The molecule has 0 heteroatoms. The van der Waals surface area contributed by atoms with E-state index in [1.165, 1.54) is 27.8 Å². The smallest absolute Gasteiger partial charge is 0.00587 e. The lowest BCUT2D eigenvalue weighted by atomic mass is 9.86. The van der Waals surface area contributed by atoms with E-state index in [1.807, 2.05) is 0 Å². The van der Waals surface area contributed by atoms with Crippen molar-refractivity contribution in [3.8, 4) is 0 Å². The van der Waals surface area contributed by atoms with E-state index < -0.39 is 0 Å². The molecule has 0 saturated heterocycles. The van der Waals surface area contributed by atoms with E-state index in [1.54, 1.807) is 0 Å². The number of hydrogen-bond acceptors (Lipinski definition) is 0. The molecule has 0 aromatic heterocycles. The number of hydrogen-bond donors (Lipinski definition) is 0. The first-order valence-electron chi connectivity index (χ1n) is 8.64. The highest BCUT2D eigenvalue weighted by Crippen LogP contribution is 2.30. The van der Waals surface area contributed by atoms with Crippen molar-refractivity contribution in [1.82, 2.24) is 0 Å². The van der Waals surface area contributed by atoms with Gasteiger partial charge in [0, 0.05) is 0 Å². The van der Waals surface area contributed by atoms with Crippen LogP contribution in [0.15, 0.2) is 54.1 Å². The fourth-order valence-electron chi connectivity index (χ4n) is 2.85. The van der Waals surface area contributed by atoms with Gasteiger partial charge in [-0.05, 0) is 60.3 Å². The molecule has 0 atom stereocenters. The van der Waals surface area contributed by atoms with Gasteiger partial charge in [-0.3, -0.25) is 0 Å². The molecule has 0 fully saturated rings. The fraction of sp³-hybridized carbons (Fsp3) is 0.478. The van der Waals surface area contributed by atoms with Crippen molar-refractivity contribution >= 4 is 5.57 Å². The zero-order valence-corrected chi connectivity index (χ0v) is 16.2. The molecule has 23 heavy (non-hydrogen) atoms. The molecule has 0 radical (unpaired) electrons. The largest absolute Gasteiger partial charge is 0.0958 e. The summed E-state index contributed by atoms with van der Waals surface area (Å²) in [6, 6.07) is 8.93. The zero-order valence-electron chi connectivity index (χ0n) is 16.2. The van der Waals surface area contributed by atoms with Gasteiger partial charge in [-0.2, -0.15) is 0 Å². The minimum atomic E-state index is 0.324. The van der Waals surface area contributed by atoms with Crippen LogP contribution in [0.3, 0.4) is 0 Å². The summed E-state index contributed by atoms with van der Waals surface area (Å²) in [5, 5.41) is 0. The van der Waals surface area contributed by atoms with Crippen LogP contribution in [0, 0.1) is 11.3 Å². The van der Waals surface area contributed by atoms with E-state index in [9.17, 15) is 0 Å². The van der Waals surface area contributed by atoms with Gasteiger partial charge >= 0.3 is 0 Å². The van der Waals surface area contributed by atoms with Crippen LogP contribution in [0.1, 0.15) is 66.0 Å². The molecule has 1 aromatic rings. The van der Waals surface area contributed by atoms with Crippen LogP contribution >= 0.6 is 0 Å². The molecule has 0 amide bonds. The van der Waals surface area contributed by atoms with E-state index in [4.69, 9.17) is 0 Å². The Kier molecular flexibility index (Phi) is 6.62. The van der Waals surface area contributed by atoms with Crippen LogP contribution in [-0.4, -0.2) is 0 Å². The standard InChI is InChI=1S/C23H34/c1-16(2)19(6)22(17(3)4)14-18(5)21-12-10-20(11-13-21)15-23(7,8)9/h10-13,17H,1,5,14-15H2,2-4,6-9H3/b22-19-. The predicted octanol–water partition coefficient (Wildman–Crippen LogP) is 7.23. The van der Waals surface area contributed by atoms with Crippen LogP contribution in [0.25, 0.3) is 5.57 Å². The summed E-state index contributed by atoms with van der Waals surface area (Å²) in [5.74, 6) is 0.517. The normalized spacial score (nSPS) is 13.0. The second kappa shape index (κ2) is 7.81. The summed E-state index contributed by atoms with van der Waals surface area (Å²) in [6.07, 6.45) is 2.03. The third-order valence-electron chi connectivity index (χ3n) is 4.32. The first kappa shape index (κ1) is 19.5.